The number of rotatable bonds is 7. The van der Waals surface area contributed by atoms with Crippen molar-refractivity contribution < 1.29 is 31.9 Å². The van der Waals surface area contributed by atoms with Crippen molar-refractivity contribution in [3.63, 3.8) is 0 Å². The van der Waals surface area contributed by atoms with Crippen LogP contribution in [0.4, 0.5) is 27.6 Å². The van der Waals surface area contributed by atoms with Crippen LogP contribution >= 0.6 is 0 Å². The molecule has 0 aliphatic carbocycles. The number of hydrogen-bond donors (Lipinski definition) is 3. The molecule has 1 fully saturated rings. The van der Waals surface area contributed by atoms with Crippen molar-refractivity contribution in [2.45, 2.75) is 44.6 Å². The number of aromatic amines is 1. The fourth-order valence-corrected chi connectivity index (χ4v) is 4.24. The molecule has 196 valence electrons. The van der Waals surface area contributed by atoms with Crippen molar-refractivity contribution in [2.24, 2.45) is 0 Å². The fraction of sp³-hybridized carbons (Fsp3) is 0.391. The van der Waals surface area contributed by atoms with Crippen LogP contribution in [0, 0.1) is 29.9 Å². The van der Waals surface area contributed by atoms with Gasteiger partial charge in [0.05, 0.1) is 42.2 Å². The van der Waals surface area contributed by atoms with Crippen LogP contribution in [-0.2, 0) is 12.1 Å². The molecule has 37 heavy (non-hydrogen) atoms. The summed E-state index contributed by atoms with van der Waals surface area (Å²) in [7, 11) is 0. The fourth-order valence-electron chi connectivity index (χ4n) is 4.24. The van der Waals surface area contributed by atoms with E-state index in [4.69, 9.17) is 0 Å². The van der Waals surface area contributed by atoms with Gasteiger partial charge in [0.1, 0.15) is 23.2 Å². The van der Waals surface area contributed by atoms with E-state index in [-0.39, 0.29) is 31.8 Å². The Kier molecular flexibility index (Phi) is 6.68. The van der Waals surface area contributed by atoms with Crippen LogP contribution in [0.15, 0.2) is 24.5 Å². The minimum atomic E-state index is -4.75. The van der Waals surface area contributed by atoms with Crippen LogP contribution in [-0.4, -0.2) is 56.3 Å². The number of nitriles is 1. The number of nitrogens with zero attached hydrogens (tertiary/aromatic N) is 5. The van der Waals surface area contributed by atoms with E-state index in [0.717, 1.165) is 11.8 Å². The van der Waals surface area contributed by atoms with Crippen LogP contribution in [0.1, 0.15) is 35.1 Å². The number of nitrogens with one attached hydrogen (secondary N) is 2. The highest BCUT2D eigenvalue weighted by molar-refractivity contribution is 5.95. The van der Waals surface area contributed by atoms with Crippen molar-refractivity contribution >= 4 is 11.6 Å². The van der Waals surface area contributed by atoms with E-state index in [9.17, 15) is 37.1 Å². The predicted molar refractivity (Wildman–Crippen MR) is 120 cm³/mol. The monoisotopic (exact) mass is 523 g/mol. The molecule has 1 amide bonds. The molecule has 4 rings (SSSR count). The molecule has 0 saturated carbocycles. The maximum Gasteiger partial charge on any atom is 0.408 e. The molecule has 1 aliphatic heterocycles. The number of carbonyl (C=O) groups excluding carboxylic acids is 1. The number of aliphatic hydroxyl groups is 1. The maximum atomic E-state index is 14.9. The lowest BCUT2D eigenvalue weighted by Gasteiger charge is -2.50. The molecule has 0 unspecified atom stereocenters. The molecular formula is C23H22F5N7O2. The number of carbonyl (C=O) groups is 1. The van der Waals surface area contributed by atoms with Crippen molar-refractivity contribution in [1.82, 2.24) is 25.3 Å². The Hall–Kier alpha value is -3.99. The van der Waals surface area contributed by atoms with E-state index in [1.165, 1.54) is 9.58 Å². The van der Waals surface area contributed by atoms with Gasteiger partial charge in [-0.3, -0.25) is 14.6 Å². The van der Waals surface area contributed by atoms with E-state index >= 15 is 0 Å². The van der Waals surface area contributed by atoms with Gasteiger partial charge in [-0.15, -0.1) is 0 Å². The molecule has 9 nitrogen and oxygen atoms in total. The van der Waals surface area contributed by atoms with Gasteiger partial charge in [-0.25, -0.2) is 8.78 Å². The Labute approximate surface area is 207 Å². The largest absolute Gasteiger partial charge is 0.408 e. The smallest absolute Gasteiger partial charge is 0.390 e. The maximum absolute atomic E-state index is 14.9. The number of H-pyrrole nitrogens is 1. The van der Waals surface area contributed by atoms with Crippen LogP contribution < -0.4 is 10.2 Å². The Morgan fingerprint density at radius 3 is 2.57 bits per heavy atom. The average Bonchev–Trinajstić information content (AvgIpc) is 3.42. The highest BCUT2D eigenvalue weighted by atomic mass is 19.4. The third-order valence-corrected chi connectivity index (χ3v) is 6.39. The number of alkyl halides is 3. The molecule has 1 atom stereocenters. The number of aromatic nitrogens is 4. The number of halogens is 5. The quantitative estimate of drug-likeness (QED) is 0.409. The highest BCUT2D eigenvalue weighted by Gasteiger charge is 2.47. The summed E-state index contributed by atoms with van der Waals surface area (Å²) in [5.41, 5.74) is 0.403. The zero-order valence-corrected chi connectivity index (χ0v) is 19.7. The lowest BCUT2D eigenvalue weighted by molar-refractivity contribution is -0.149. The molecule has 0 spiro atoms. The van der Waals surface area contributed by atoms with Crippen molar-refractivity contribution in [3.8, 4) is 17.2 Å². The lowest BCUT2D eigenvalue weighted by Crippen LogP contribution is -2.63. The second kappa shape index (κ2) is 9.47. The zero-order valence-electron chi connectivity index (χ0n) is 19.7. The van der Waals surface area contributed by atoms with E-state index < -0.39 is 40.9 Å². The molecule has 0 radical (unpaired) electrons. The number of benzene rings is 1. The summed E-state index contributed by atoms with van der Waals surface area (Å²) in [6.45, 7) is 2.19. The first-order chi connectivity index (χ1) is 17.4. The van der Waals surface area contributed by atoms with Gasteiger partial charge in [0.15, 0.2) is 0 Å². The minimum Gasteiger partial charge on any atom is -0.390 e. The Balaban J connectivity index is 1.59. The summed E-state index contributed by atoms with van der Waals surface area (Å²) in [4.78, 5) is 13.5. The van der Waals surface area contributed by atoms with Crippen LogP contribution in [0.2, 0.25) is 0 Å². The van der Waals surface area contributed by atoms with Gasteiger partial charge in [0.2, 0.25) is 0 Å². The molecule has 0 bridgehead atoms. The van der Waals surface area contributed by atoms with E-state index in [1.807, 2.05) is 0 Å². The Morgan fingerprint density at radius 1 is 1.30 bits per heavy atom. The number of anilines is 1. The first-order valence-corrected chi connectivity index (χ1v) is 11.1. The van der Waals surface area contributed by atoms with Crippen molar-refractivity contribution in [3.05, 3.63) is 53.1 Å². The summed E-state index contributed by atoms with van der Waals surface area (Å²) < 4.78 is 69.2. The van der Waals surface area contributed by atoms with Gasteiger partial charge >= 0.3 is 6.18 Å². The van der Waals surface area contributed by atoms with E-state index in [1.54, 1.807) is 24.6 Å². The van der Waals surface area contributed by atoms with Crippen LogP contribution in [0.25, 0.3) is 11.1 Å². The molecule has 14 heteroatoms. The molecule has 1 aliphatic rings. The van der Waals surface area contributed by atoms with Gasteiger partial charge in [-0.2, -0.15) is 28.6 Å². The summed E-state index contributed by atoms with van der Waals surface area (Å²) in [5.74, 6) is -3.60. The van der Waals surface area contributed by atoms with Gasteiger partial charge in [0, 0.05) is 42.2 Å². The van der Waals surface area contributed by atoms with E-state index in [2.05, 4.69) is 21.4 Å². The van der Waals surface area contributed by atoms with E-state index in [0.29, 0.717) is 29.8 Å². The third-order valence-electron chi connectivity index (χ3n) is 6.39. The molecule has 1 saturated heterocycles. The topological polar surface area (TPSA) is 123 Å². The number of aliphatic hydroxyl groups excluding tert-OH is 1. The van der Waals surface area contributed by atoms with Gasteiger partial charge in [-0.1, -0.05) is 0 Å². The average molecular weight is 523 g/mol. The summed E-state index contributed by atoms with van der Waals surface area (Å²) >= 11 is 0. The molecule has 3 aromatic rings. The Bertz CT molecular complexity index is 1370. The summed E-state index contributed by atoms with van der Waals surface area (Å²) in [6, 6.07) is 1.10. The van der Waals surface area contributed by atoms with Gasteiger partial charge in [-0.05, 0) is 19.9 Å². The van der Waals surface area contributed by atoms with Crippen LogP contribution in [0.3, 0.4) is 0 Å². The molecule has 3 N–H and O–H groups in total. The zero-order chi connectivity index (χ0) is 27.1. The normalized spacial score (nSPS) is 15.7. The van der Waals surface area contributed by atoms with Crippen molar-refractivity contribution in [2.75, 3.05) is 18.0 Å². The van der Waals surface area contributed by atoms with Gasteiger partial charge < -0.3 is 15.3 Å². The minimum absolute atomic E-state index is 0.0280. The second-order valence-corrected chi connectivity index (χ2v) is 8.94. The lowest BCUT2D eigenvalue weighted by atomic mass is 9.86. The van der Waals surface area contributed by atoms with Crippen LogP contribution in [0.5, 0.6) is 0 Å². The first kappa shape index (κ1) is 26.1. The SMILES string of the molecule is Cc1[nH]ncc1-c1cn(C2(CC#N)CN(c3cc(F)c(C(=O)N[C@@H](C)C(F)(F)F)cc3F)C2)nc1CO. The molecule has 3 heterocycles. The number of hydrogen-bond acceptors (Lipinski definition) is 6. The predicted octanol–water partition coefficient (Wildman–Crippen LogP) is 3.16. The molecule has 2 aromatic heterocycles. The highest BCUT2D eigenvalue weighted by Crippen LogP contribution is 2.39. The number of amides is 1. The molecular weight excluding hydrogens is 501 g/mol. The standard InChI is InChI=1S/C23H22F5N7O2/c1-12-15(7-30-32-12)16-8-35(33-19(16)9-36)22(3-4-29)10-34(11-22)20-6-17(24)14(5-18(20)25)21(37)31-13(2)23(26,27)28/h5-8,13,36H,3,9-11H2,1-2H3,(H,30,32)(H,31,37)/t13-/m0/s1. The summed E-state index contributed by atoms with van der Waals surface area (Å²) in [6.07, 6.45) is -1.54. The van der Waals surface area contributed by atoms with Gasteiger partial charge in [0.25, 0.3) is 5.91 Å². The van der Waals surface area contributed by atoms with Crippen molar-refractivity contribution in [1.29, 1.82) is 5.26 Å². The third kappa shape index (κ3) is 4.74. The Morgan fingerprint density at radius 2 is 2.00 bits per heavy atom. The molecule has 1 aromatic carbocycles. The summed E-state index contributed by atoms with van der Waals surface area (Å²) in [5, 5.41) is 32.0. The number of aryl methyl sites for hydroxylation is 1. The first-order valence-electron chi connectivity index (χ1n) is 11.1. The second-order valence-electron chi connectivity index (χ2n) is 8.94.